The first kappa shape index (κ1) is 20.9. The molecule has 0 atom stereocenters. The molecule has 3 rings (SSSR count). The van der Waals surface area contributed by atoms with E-state index >= 15 is 0 Å². The molecule has 2 N–H and O–H groups in total. The van der Waals surface area contributed by atoms with E-state index in [2.05, 4.69) is 10.6 Å². The first-order valence-corrected chi connectivity index (χ1v) is 9.76. The average molecular weight is 427 g/mol. The Kier molecular flexibility index (Phi) is 6.26. The van der Waals surface area contributed by atoms with Gasteiger partial charge in [-0.1, -0.05) is 29.3 Å². The van der Waals surface area contributed by atoms with Crippen molar-refractivity contribution in [2.75, 3.05) is 10.6 Å². The number of rotatable bonds is 4. The fourth-order valence-corrected chi connectivity index (χ4v) is 3.40. The maximum Gasteiger partial charge on any atom is 0.255 e. The Morgan fingerprint density at radius 3 is 1.34 bits per heavy atom. The highest BCUT2D eigenvalue weighted by Gasteiger charge is 2.17. The second kappa shape index (κ2) is 8.68. The number of hydrogen-bond acceptors (Lipinski definition) is 2. The van der Waals surface area contributed by atoms with Gasteiger partial charge in [-0.15, -0.1) is 0 Å². The Hall–Kier alpha value is -2.82. The Bertz CT molecular complexity index is 992. The molecular weight excluding hydrogens is 407 g/mol. The monoisotopic (exact) mass is 426 g/mol. The minimum atomic E-state index is -0.244. The third kappa shape index (κ3) is 4.78. The lowest BCUT2D eigenvalue weighted by atomic mass is 10.0. The van der Waals surface area contributed by atoms with Crippen LogP contribution in [-0.2, 0) is 0 Å². The quantitative estimate of drug-likeness (QED) is 0.505. The van der Waals surface area contributed by atoms with E-state index in [0.717, 1.165) is 16.7 Å². The number of anilines is 2. The van der Waals surface area contributed by atoms with Crippen molar-refractivity contribution in [1.82, 2.24) is 0 Å². The molecule has 2 amide bonds. The van der Waals surface area contributed by atoms with Gasteiger partial charge in [-0.2, -0.15) is 0 Å². The SMILES string of the molecule is Cc1cc(C)c(NC(=O)c2ccc(Cl)cc2)c(C)c1NC(=O)c1ccc(Cl)cc1. The van der Waals surface area contributed by atoms with Crippen LogP contribution >= 0.6 is 23.2 Å². The summed E-state index contributed by atoms with van der Waals surface area (Å²) >= 11 is 11.8. The third-order valence-corrected chi connectivity index (χ3v) is 5.17. The van der Waals surface area contributed by atoms with Crippen molar-refractivity contribution in [3.63, 3.8) is 0 Å². The molecule has 0 unspecified atom stereocenters. The second-order valence-electron chi connectivity index (χ2n) is 6.81. The number of nitrogens with one attached hydrogen (secondary N) is 2. The van der Waals surface area contributed by atoms with Crippen LogP contribution in [0.3, 0.4) is 0 Å². The van der Waals surface area contributed by atoms with E-state index in [1.807, 2.05) is 26.8 Å². The zero-order valence-electron chi connectivity index (χ0n) is 16.3. The van der Waals surface area contributed by atoms with E-state index in [9.17, 15) is 9.59 Å². The van der Waals surface area contributed by atoms with E-state index in [1.54, 1.807) is 48.5 Å². The van der Waals surface area contributed by atoms with Gasteiger partial charge in [0.05, 0.1) is 0 Å². The van der Waals surface area contributed by atoms with Crippen LogP contribution in [0, 0.1) is 20.8 Å². The molecule has 0 aromatic heterocycles. The van der Waals surface area contributed by atoms with Gasteiger partial charge in [0.15, 0.2) is 0 Å². The van der Waals surface area contributed by atoms with Crippen LogP contribution in [0.4, 0.5) is 11.4 Å². The van der Waals surface area contributed by atoms with Crippen LogP contribution in [-0.4, -0.2) is 11.8 Å². The highest BCUT2D eigenvalue weighted by Crippen LogP contribution is 2.32. The number of carbonyl (C=O) groups excluding carboxylic acids is 2. The maximum atomic E-state index is 12.6. The van der Waals surface area contributed by atoms with Crippen molar-refractivity contribution in [3.8, 4) is 0 Å². The molecule has 0 radical (unpaired) electrons. The number of carbonyl (C=O) groups is 2. The first-order chi connectivity index (χ1) is 13.8. The van der Waals surface area contributed by atoms with Crippen molar-refractivity contribution < 1.29 is 9.59 Å². The molecule has 6 heteroatoms. The Labute approximate surface area is 179 Å². The summed E-state index contributed by atoms with van der Waals surface area (Å²) in [4.78, 5) is 25.3. The summed E-state index contributed by atoms with van der Waals surface area (Å²) in [5.41, 5.74) is 4.94. The predicted molar refractivity (Wildman–Crippen MR) is 119 cm³/mol. The third-order valence-electron chi connectivity index (χ3n) is 4.66. The second-order valence-corrected chi connectivity index (χ2v) is 7.68. The molecule has 0 aliphatic carbocycles. The Morgan fingerprint density at radius 1 is 0.655 bits per heavy atom. The fraction of sp³-hybridized carbons (Fsp3) is 0.130. The lowest BCUT2D eigenvalue weighted by Crippen LogP contribution is -2.17. The van der Waals surface area contributed by atoms with Gasteiger partial charge < -0.3 is 10.6 Å². The summed E-state index contributed by atoms with van der Waals surface area (Å²) in [6.45, 7) is 5.71. The molecule has 4 nitrogen and oxygen atoms in total. The smallest absolute Gasteiger partial charge is 0.255 e. The zero-order valence-corrected chi connectivity index (χ0v) is 17.8. The summed E-state index contributed by atoms with van der Waals surface area (Å²) in [5, 5.41) is 7.04. The van der Waals surface area contributed by atoms with Gasteiger partial charge in [0.2, 0.25) is 0 Å². The molecule has 29 heavy (non-hydrogen) atoms. The van der Waals surface area contributed by atoms with E-state index in [1.165, 1.54) is 0 Å². The average Bonchev–Trinajstić information content (AvgIpc) is 2.69. The zero-order chi connectivity index (χ0) is 21.1. The molecule has 0 heterocycles. The normalized spacial score (nSPS) is 10.5. The number of halogens is 2. The molecule has 0 saturated carbocycles. The largest absolute Gasteiger partial charge is 0.321 e. The van der Waals surface area contributed by atoms with Crippen LogP contribution in [0.1, 0.15) is 37.4 Å². The molecule has 3 aromatic rings. The van der Waals surface area contributed by atoms with Crippen LogP contribution in [0.2, 0.25) is 10.0 Å². The molecule has 0 aliphatic heterocycles. The highest BCUT2D eigenvalue weighted by molar-refractivity contribution is 6.31. The van der Waals surface area contributed by atoms with E-state index in [0.29, 0.717) is 32.5 Å². The van der Waals surface area contributed by atoms with Crippen molar-refractivity contribution in [1.29, 1.82) is 0 Å². The summed E-state index contributed by atoms with van der Waals surface area (Å²) in [7, 11) is 0. The maximum absolute atomic E-state index is 12.6. The summed E-state index contributed by atoms with van der Waals surface area (Å²) in [6, 6.07) is 15.3. The van der Waals surface area contributed by atoms with Crippen LogP contribution in [0.15, 0.2) is 54.6 Å². The summed E-state index contributed by atoms with van der Waals surface area (Å²) in [6.07, 6.45) is 0. The minimum absolute atomic E-state index is 0.244. The molecule has 0 saturated heterocycles. The molecule has 0 spiro atoms. The molecular formula is C23H20Cl2N2O2. The number of benzene rings is 3. The van der Waals surface area contributed by atoms with Crippen LogP contribution < -0.4 is 10.6 Å². The summed E-state index contributed by atoms with van der Waals surface area (Å²) < 4.78 is 0. The summed E-state index contributed by atoms with van der Waals surface area (Å²) in [5.74, 6) is -0.488. The number of aryl methyl sites for hydroxylation is 2. The number of amides is 2. The first-order valence-electron chi connectivity index (χ1n) is 9.01. The van der Waals surface area contributed by atoms with E-state index < -0.39 is 0 Å². The number of hydrogen-bond donors (Lipinski definition) is 2. The predicted octanol–water partition coefficient (Wildman–Crippen LogP) is 6.42. The highest BCUT2D eigenvalue weighted by atomic mass is 35.5. The fourth-order valence-electron chi connectivity index (χ4n) is 3.14. The Morgan fingerprint density at radius 2 is 1.00 bits per heavy atom. The van der Waals surface area contributed by atoms with Gasteiger partial charge in [-0.25, -0.2) is 0 Å². The lowest BCUT2D eigenvalue weighted by molar-refractivity contribution is 0.101. The van der Waals surface area contributed by atoms with Gasteiger partial charge in [-0.05, 0) is 86.0 Å². The van der Waals surface area contributed by atoms with Crippen LogP contribution in [0.5, 0.6) is 0 Å². The molecule has 0 aliphatic rings. The van der Waals surface area contributed by atoms with Gasteiger partial charge in [0.1, 0.15) is 0 Å². The van der Waals surface area contributed by atoms with Gasteiger partial charge >= 0.3 is 0 Å². The van der Waals surface area contributed by atoms with Crippen LogP contribution in [0.25, 0.3) is 0 Å². The van der Waals surface area contributed by atoms with Gasteiger partial charge in [0, 0.05) is 32.5 Å². The topological polar surface area (TPSA) is 58.2 Å². The van der Waals surface area contributed by atoms with Crippen molar-refractivity contribution in [2.45, 2.75) is 20.8 Å². The van der Waals surface area contributed by atoms with Crippen molar-refractivity contribution >= 4 is 46.4 Å². The lowest BCUT2D eigenvalue weighted by Gasteiger charge is -2.19. The van der Waals surface area contributed by atoms with E-state index in [-0.39, 0.29) is 11.8 Å². The molecule has 0 bridgehead atoms. The van der Waals surface area contributed by atoms with Crippen molar-refractivity contribution in [2.24, 2.45) is 0 Å². The van der Waals surface area contributed by atoms with Gasteiger partial charge in [0.25, 0.3) is 11.8 Å². The molecule has 3 aromatic carbocycles. The standard InChI is InChI=1S/C23H20Cl2N2O2/c1-13-12-14(2)21(27-23(29)17-6-10-19(25)11-7-17)15(3)20(13)26-22(28)16-4-8-18(24)9-5-16/h4-12H,1-3H3,(H,26,28)(H,27,29). The van der Waals surface area contributed by atoms with E-state index in [4.69, 9.17) is 23.2 Å². The minimum Gasteiger partial charge on any atom is -0.321 e. The molecule has 148 valence electrons. The Balaban J connectivity index is 1.89. The van der Waals surface area contributed by atoms with Crippen molar-refractivity contribution in [3.05, 3.63) is 92.5 Å². The molecule has 0 fully saturated rings. The van der Waals surface area contributed by atoms with Gasteiger partial charge in [-0.3, -0.25) is 9.59 Å².